The summed E-state index contributed by atoms with van der Waals surface area (Å²) < 4.78 is 0. The van der Waals surface area contributed by atoms with Gasteiger partial charge in [0.15, 0.2) is 0 Å². The van der Waals surface area contributed by atoms with Gasteiger partial charge in [0.1, 0.15) is 5.52 Å². The summed E-state index contributed by atoms with van der Waals surface area (Å²) in [6.07, 6.45) is 1.05. The molecule has 3 aromatic rings. The van der Waals surface area contributed by atoms with Gasteiger partial charge >= 0.3 is 0 Å². The Hall–Kier alpha value is -2.16. The van der Waals surface area contributed by atoms with Gasteiger partial charge in [0.2, 0.25) is 0 Å². The highest BCUT2D eigenvalue weighted by atomic mass is 15.3. The van der Waals surface area contributed by atoms with E-state index < -0.39 is 0 Å². The van der Waals surface area contributed by atoms with E-state index in [0.717, 1.165) is 17.5 Å². The molecule has 0 atom stereocenters. The van der Waals surface area contributed by atoms with Crippen molar-refractivity contribution in [3.8, 4) is 11.1 Å². The summed E-state index contributed by atoms with van der Waals surface area (Å²) in [5.74, 6) is 0.617. The van der Waals surface area contributed by atoms with Crippen LogP contribution in [0.15, 0.2) is 42.5 Å². The number of nitrogens with zero attached hydrogens (tertiary/aromatic N) is 2. The first kappa shape index (κ1) is 11.9. The van der Waals surface area contributed by atoms with E-state index in [1.165, 1.54) is 16.7 Å². The van der Waals surface area contributed by atoms with Gasteiger partial charge in [-0.2, -0.15) is 0 Å². The second-order valence-electron chi connectivity index (χ2n) is 5.27. The molecule has 1 heterocycles. The van der Waals surface area contributed by atoms with Gasteiger partial charge in [-0.1, -0.05) is 55.5 Å². The van der Waals surface area contributed by atoms with E-state index in [9.17, 15) is 0 Å². The molecule has 96 valence electrons. The minimum atomic E-state index is 0.617. The van der Waals surface area contributed by atoms with Crippen LogP contribution in [0.1, 0.15) is 19.4 Å². The quantitative estimate of drug-likeness (QED) is 0.768. The number of rotatable bonds is 3. The number of benzene rings is 2. The van der Waals surface area contributed by atoms with Crippen molar-refractivity contribution in [1.82, 2.24) is 15.4 Å². The van der Waals surface area contributed by atoms with Gasteiger partial charge in [0, 0.05) is 5.56 Å². The maximum atomic E-state index is 4.26. The molecular weight excluding hydrogens is 234 g/mol. The molecule has 0 saturated carbocycles. The molecular formula is C16H17N3. The first-order chi connectivity index (χ1) is 9.25. The van der Waals surface area contributed by atoms with Gasteiger partial charge in [0.05, 0.1) is 5.52 Å². The average molecular weight is 251 g/mol. The summed E-state index contributed by atoms with van der Waals surface area (Å²) in [6, 6.07) is 14.7. The van der Waals surface area contributed by atoms with Crippen molar-refractivity contribution in [2.45, 2.75) is 20.3 Å². The molecule has 2 aromatic carbocycles. The van der Waals surface area contributed by atoms with Crippen molar-refractivity contribution in [1.29, 1.82) is 0 Å². The summed E-state index contributed by atoms with van der Waals surface area (Å²) in [7, 11) is 0. The highest BCUT2D eigenvalue weighted by Crippen LogP contribution is 2.31. The summed E-state index contributed by atoms with van der Waals surface area (Å²) in [5, 5.41) is 11.1. The molecule has 0 saturated heterocycles. The normalized spacial score (nSPS) is 11.3. The number of aromatic amines is 1. The lowest BCUT2D eigenvalue weighted by molar-refractivity contribution is 0.648. The molecule has 0 aliphatic heterocycles. The lowest BCUT2D eigenvalue weighted by atomic mass is 9.92. The number of hydrogen-bond acceptors (Lipinski definition) is 2. The molecule has 3 rings (SSSR count). The first-order valence-corrected chi connectivity index (χ1v) is 6.64. The molecule has 0 aliphatic rings. The van der Waals surface area contributed by atoms with Crippen LogP contribution in [0.4, 0.5) is 0 Å². The van der Waals surface area contributed by atoms with Crippen LogP contribution in [0.3, 0.4) is 0 Å². The zero-order valence-corrected chi connectivity index (χ0v) is 11.2. The summed E-state index contributed by atoms with van der Waals surface area (Å²) in [6.45, 7) is 4.48. The number of hydrogen-bond donors (Lipinski definition) is 1. The summed E-state index contributed by atoms with van der Waals surface area (Å²) >= 11 is 0. The number of aromatic nitrogens is 3. The van der Waals surface area contributed by atoms with Crippen molar-refractivity contribution in [2.75, 3.05) is 0 Å². The molecule has 3 nitrogen and oxygen atoms in total. The van der Waals surface area contributed by atoms with Gasteiger partial charge < -0.3 is 0 Å². The number of H-pyrrole nitrogens is 1. The summed E-state index contributed by atoms with van der Waals surface area (Å²) in [4.78, 5) is 0. The predicted octanol–water partition coefficient (Wildman–Crippen LogP) is 3.82. The smallest absolute Gasteiger partial charge is 0.121 e. The van der Waals surface area contributed by atoms with Crippen LogP contribution in [-0.2, 0) is 6.42 Å². The summed E-state index contributed by atoms with van der Waals surface area (Å²) in [5.41, 5.74) is 5.71. The third-order valence-electron chi connectivity index (χ3n) is 3.28. The fourth-order valence-corrected chi connectivity index (χ4v) is 2.49. The molecule has 0 spiro atoms. The maximum Gasteiger partial charge on any atom is 0.121 e. The van der Waals surface area contributed by atoms with Crippen molar-refractivity contribution in [3.63, 3.8) is 0 Å². The zero-order chi connectivity index (χ0) is 13.2. The van der Waals surface area contributed by atoms with E-state index in [2.05, 4.69) is 65.7 Å². The largest absolute Gasteiger partial charge is 0.258 e. The van der Waals surface area contributed by atoms with E-state index in [0.29, 0.717) is 5.92 Å². The van der Waals surface area contributed by atoms with Crippen LogP contribution in [0, 0.1) is 5.92 Å². The molecule has 1 aromatic heterocycles. The zero-order valence-electron chi connectivity index (χ0n) is 11.2. The van der Waals surface area contributed by atoms with E-state index in [1.807, 2.05) is 6.07 Å². The van der Waals surface area contributed by atoms with Crippen LogP contribution >= 0.6 is 0 Å². The second kappa shape index (κ2) is 4.84. The van der Waals surface area contributed by atoms with Crippen LogP contribution in [0.5, 0.6) is 0 Å². The van der Waals surface area contributed by atoms with Crippen LogP contribution in [-0.4, -0.2) is 15.4 Å². The number of nitrogens with one attached hydrogen (secondary N) is 1. The SMILES string of the molecule is CC(C)Cc1ccc2[nH]nnc2c1-c1ccccc1. The molecule has 0 unspecified atom stereocenters. The average Bonchev–Trinajstić information content (AvgIpc) is 2.87. The van der Waals surface area contributed by atoms with Gasteiger partial charge in [-0.05, 0) is 29.5 Å². The Labute approximate surface area is 112 Å². The fraction of sp³-hybridized carbons (Fsp3) is 0.250. The van der Waals surface area contributed by atoms with Crippen molar-refractivity contribution < 1.29 is 0 Å². The molecule has 3 heteroatoms. The Morgan fingerprint density at radius 2 is 1.84 bits per heavy atom. The second-order valence-corrected chi connectivity index (χ2v) is 5.27. The molecule has 19 heavy (non-hydrogen) atoms. The van der Waals surface area contributed by atoms with Crippen molar-refractivity contribution in [3.05, 3.63) is 48.0 Å². The highest BCUT2D eigenvalue weighted by Gasteiger charge is 2.13. The number of fused-ring (bicyclic) bond motifs is 1. The van der Waals surface area contributed by atoms with E-state index in [1.54, 1.807) is 0 Å². The van der Waals surface area contributed by atoms with E-state index in [4.69, 9.17) is 0 Å². The molecule has 0 aliphatic carbocycles. The molecule has 1 N–H and O–H groups in total. The lowest BCUT2D eigenvalue weighted by Gasteiger charge is -2.12. The Kier molecular flexibility index (Phi) is 3.03. The fourth-order valence-electron chi connectivity index (χ4n) is 2.49. The van der Waals surface area contributed by atoms with E-state index in [-0.39, 0.29) is 0 Å². The highest BCUT2D eigenvalue weighted by molar-refractivity contribution is 5.93. The Balaban J connectivity index is 2.25. The minimum Gasteiger partial charge on any atom is -0.258 e. The lowest BCUT2D eigenvalue weighted by Crippen LogP contribution is -1.97. The van der Waals surface area contributed by atoms with E-state index >= 15 is 0 Å². The Bertz CT molecular complexity index is 684. The van der Waals surface area contributed by atoms with Crippen LogP contribution in [0.2, 0.25) is 0 Å². The Morgan fingerprint density at radius 3 is 2.58 bits per heavy atom. The predicted molar refractivity (Wildman–Crippen MR) is 77.9 cm³/mol. The topological polar surface area (TPSA) is 41.6 Å². The molecule has 0 radical (unpaired) electrons. The third-order valence-corrected chi connectivity index (χ3v) is 3.28. The van der Waals surface area contributed by atoms with Crippen LogP contribution in [0.25, 0.3) is 22.2 Å². The third kappa shape index (κ3) is 2.24. The first-order valence-electron chi connectivity index (χ1n) is 6.64. The molecule has 0 amide bonds. The van der Waals surface area contributed by atoms with Gasteiger partial charge in [0.25, 0.3) is 0 Å². The van der Waals surface area contributed by atoms with Gasteiger partial charge in [-0.15, -0.1) is 5.10 Å². The van der Waals surface area contributed by atoms with Crippen molar-refractivity contribution >= 4 is 11.0 Å². The standard InChI is InChI=1S/C16H17N3/c1-11(2)10-13-8-9-14-16(18-19-17-14)15(13)12-6-4-3-5-7-12/h3-9,11H,10H2,1-2H3,(H,17,18,19). The van der Waals surface area contributed by atoms with Gasteiger partial charge in [-0.25, -0.2) is 0 Å². The van der Waals surface area contributed by atoms with Crippen molar-refractivity contribution in [2.24, 2.45) is 5.92 Å². The molecule has 0 fully saturated rings. The van der Waals surface area contributed by atoms with Crippen LogP contribution < -0.4 is 0 Å². The Morgan fingerprint density at radius 1 is 1.05 bits per heavy atom. The maximum absolute atomic E-state index is 4.26. The monoisotopic (exact) mass is 251 g/mol. The molecule has 0 bridgehead atoms. The van der Waals surface area contributed by atoms with Gasteiger partial charge in [-0.3, -0.25) is 5.10 Å². The minimum absolute atomic E-state index is 0.617.